The van der Waals surface area contributed by atoms with E-state index >= 15 is 0 Å². The van der Waals surface area contributed by atoms with E-state index in [4.69, 9.17) is 5.11 Å². The van der Waals surface area contributed by atoms with Crippen LogP contribution in [0.5, 0.6) is 0 Å². The van der Waals surface area contributed by atoms with Gasteiger partial charge in [0.2, 0.25) is 0 Å². The second-order valence-electron chi connectivity index (χ2n) is 6.54. The molecule has 0 spiro atoms. The molecule has 0 saturated carbocycles. The Balaban J connectivity index is 1.39. The van der Waals surface area contributed by atoms with E-state index in [1.54, 1.807) is 6.20 Å². The molecular formula is C18H23N5OS. The summed E-state index contributed by atoms with van der Waals surface area (Å²) in [7, 11) is 0. The van der Waals surface area contributed by atoms with Gasteiger partial charge in [-0.2, -0.15) is 10.2 Å². The van der Waals surface area contributed by atoms with Crippen LogP contribution in [0.1, 0.15) is 29.3 Å². The molecule has 0 bridgehead atoms. The zero-order chi connectivity index (χ0) is 17.1. The fraction of sp³-hybridized carbons (Fsp3) is 0.444. The summed E-state index contributed by atoms with van der Waals surface area (Å²) >= 11 is 1.83. The molecule has 4 rings (SSSR count). The number of aromatic amines is 1. The smallest absolute Gasteiger partial charge is 0.0749 e. The standard InChI is InChI=1S/C18H23N5OS/c24-11-10-23-9-6-16(21-23)14-2-1-8-22(12-14)13-15-3-4-18(25-15)17-5-7-19-20-17/h3-7,9,14,24H,1-2,8,10-13H2,(H,19,20)/t14-/m1/s1. The molecule has 25 heavy (non-hydrogen) atoms. The van der Waals surface area contributed by atoms with Crippen LogP contribution in [0.2, 0.25) is 0 Å². The molecule has 0 amide bonds. The van der Waals surface area contributed by atoms with Crippen molar-refractivity contribution in [1.29, 1.82) is 0 Å². The van der Waals surface area contributed by atoms with Gasteiger partial charge in [0.05, 0.1) is 29.4 Å². The molecule has 4 heterocycles. The molecule has 132 valence electrons. The van der Waals surface area contributed by atoms with Crippen LogP contribution < -0.4 is 0 Å². The number of piperidine rings is 1. The van der Waals surface area contributed by atoms with Crippen LogP contribution in [0.15, 0.2) is 36.7 Å². The zero-order valence-electron chi connectivity index (χ0n) is 14.1. The number of aromatic nitrogens is 4. The molecule has 0 unspecified atom stereocenters. The summed E-state index contributed by atoms with van der Waals surface area (Å²) in [4.78, 5) is 5.15. The van der Waals surface area contributed by atoms with Gasteiger partial charge in [-0.25, -0.2) is 0 Å². The third kappa shape index (κ3) is 3.84. The third-order valence-corrected chi connectivity index (χ3v) is 5.82. The number of nitrogens with one attached hydrogen (secondary N) is 1. The molecule has 1 saturated heterocycles. The van der Waals surface area contributed by atoms with E-state index in [1.165, 1.54) is 22.6 Å². The number of H-pyrrole nitrogens is 1. The number of aliphatic hydroxyl groups excluding tert-OH is 1. The van der Waals surface area contributed by atoms with E-state index in [1.807, 2.05) is 28.3 Å². The molecule has 3 aromatic heterocycles. The van der Waals surface area contributed by atoms with Gasteiger partial charge in [0.15, 0.2) is 0 Å². The Morgan fingerprint density at radius 1 is 1.28 bits per heavy atom. The van der Waals surface area contributed by atoms with Gasteiger partial charge in [0.25, 0.3) is 0 Å². The molecule has 1 aliphatic rings. The Bertz CT molecular complexity index is 794. The van der Waals surface area contributed by atoms with Crippen LogP contribution in [-0.2, 0) is 13.1 Å². The number of hydrogen-bond donors (Lipinski definition) is 2. The molecule has 1 fully saturated rings. The molecule has 6 nitrogen and oxygen atoms in total. The minimum atomic E-state index is 0.134. The minimum Gasteiger partial charge on any atom is -0.394 e. The number of hydrogen-bond acceptors (Lipinski definition) is 5. The summed E-state index contributed by atoms with van der Waals surface area (Å²) in [6.07, 6.45) is 6.16. The lowest BCUT2D eigenvalue weighted by atomic mass is 9.95. The normalized spacial score (nSPS) is 18.7. The first kappa shape index (κ1) is 16.5. The monoisotopic (exact) mass is 357 g/mol. The van der Waals surface area contributed by atoms with E-state index in [-0.39, 0.29) is 6.61 Å². The van der Waals surface area contributed by atoms with E-state index in [9.17, 15) is 0 Å². The molecule has 0 aliphatic carbocycles. The summed E-state index contributed by atoms with van der Waals surface area (Å²) < 4.78 is 1.84. The summed E-state index contributed by atoms with van der Waals surface area (Å²) in [6.45, 7) is 3.89. The van der Waals surface area contributed by atoms with Crippen molar-refractivity contribution in [2.75, 3.05) is 19.7 Å². The van der Waals surface area contributed by atoms with Crippen LogP contribution in [0.3, 0.4) is 0 Å². The SMILES string of the molecule is OCCn1ccc([C@@H]2CCCN(Cc3ccc(-c4ccn[nH]4)s3)C2)n1. The molecule has 7 heteroatoms. The fourth-order valence-electron chi connectivity index (χ4n) is 3.48. The van der Waals surface area contributed by atoms with Gasteiger partial charge in [-0.05, 0) is 43.7 Å². The first-order valence-corrected chi connectivity index (χ1v) is 9.58. The Morgan fingerprint density at radius 2 is 2.24 bits per heavy atom. The van der Waals surface area contributed by atoms with Crippen molar-refractivity contribution in [3.63, 3.8) is 0 Å². The quantitative estimate of drug-likeness (QED) is 0.712. The lowest BCUT2D eigenvalue weighted by Gasteiger charge is -2.31. The first-order valence-electron chi connectivity index (χ1n) is 8.77. The number of likely N-dealkylation sites (tertiary alicyclic amines) is 1. The number of aliphatic hydroxyl groups is 1. The summed E-state index contributed by atoms with van der Waals surface area (Å²) in [5.74, 6) is 0.487. The minimum absolute atomic E-state index is 0.134. The van der Waals surface area contributed by atoms with Gasteiger partial charge in [-0.1, -0.05) is 0 Å². The van der Waals surface area contributed by atoms with E-state index in [2.05, 4.69) is 38.4 Å². The van der Waals surface area contributed by atoms with Gasteiger partial charge in [0, 0.05) is 36.3 Å². The van der Waals surface area contributed by atoms with E-state index in [0.717, 1.165) is 31.0 Å². The zero-order valence-corrected chi connectivity index (χ0v) is 15.0. The van der Waals surface area contributed by atoms with Gasteiger partial charge < -0.3 is 5.11 Å². The number of rotatable bonds is 6. The number of thiophene rings is 1. The van der Waals surface area contributed by atoms with E-state index in [0.29, 0.717) is 12.5 Å². The Labute approximate surface area is 151 Å². The third-order valence-electron chi connectivity index (χ3n) is 4.72. The topological polar surface area (TPSA) is 70.0 Å². The Kier molecular flexibility index (Phi) is 4.96. The van der Waals surface area contributed by atoms with Crippen molar-refractivity contribution in [2.45, 2.75) is 31.8 Å². The first-order chi connectivity index (χ1) is 12.3. The molecule has 1 aliphatic heterocycles. The average Bonchev–Trinajstić information content (AvgIpc) is 3.37. The summed E-state index contributed by atoms with van der Waals surface area (Å²) in [5.41, 5.74) is 2.24. The lowest BCUT2D eigenvalue weighted by Crippen LogP contribution is -2.33. The van der Waals surface area contributed by atoms with Crippen molar-refractivity contribution in [3.8, 4) is 10.6 Å². The highest BCUT2D eigenvalue weighted by molar-refractivity contribution is 7.15. The summed E-state index contributed by atoms with van der Waals surface area (Å²) in [6, 6.07) is 8.51. The Hall–Kier alpha value is -1.96. The van der Waals surface area contributed by atoms with Gasteiger partial charge in [-0.3, -0.25) is 14.7 Å². The second kappa shape index (κ2) is 7.51. The highest BCUT2D eigenvalue weighted by Crippen LogP contribution is 2.30. The molecule has 1 atom stereocenters. The maximum absolute atomic E-state index is 9.04. The molecule has 0 radical (unpaired) electrons. The van der Waals surface area contributed by atoms with Gasteiger partial charge >= 0.3 is 0 Å². The number of nitrogens with zero attached hydrogens (tertiary/aromatic N) is 4. The van der Waals surface area contributed by atoms with Crippen LogP contribution >= 0.6 is 11.3 Å². The van der Waals surface area contributed by atoms with Crippen molar-refractivity contribution in [2.24, 2.45) is 0 Å². The molecule has 0 aromatic carbocycles. The second-order valence-corrected chi connectivity index (χ2v) is 7.71. The highest BCUT2D eigenvalue weighted by Gasteiger charge is 2.23. The maximum atomic E-state index is 9.04. The highest BCUT2D eigenvalue weighted by atomic mass is 32.1. The molecule has 3 aromatic rings. The predicted molar refractivity (Wildman–Crippen MR) is 98.5 cm³/mol. The average molecular weight is 357 g/mol. The van der Waals surface area contributed by atoms with Crippen molar-refractivity contribution in [3.05, 3.63) is 47.2 Å². The lowest BCUT2D eigenvalue weighted by molar-refractivity contribution is 0.199. The maximum Gasteiger partial charge on any atom is 0.0749 e. The van der Waals surface area contributed by atoms with Crippen molar-refractivity contribution < 1.29 is 5.11 Å². The van der Waals surface area contributed by atoms with Crippen LogP contribution in [-0.4, -0.2) is 49.7 Å². The predicted octanol–water partition coefficient (Wildman–Crippen LogP) is 2.71. The van der Waals surface area contributed by atoms with Crippen LogP contribution in [0.25, 0.3) is 10.6 Å². The molecular weight excluding hydrogens is 334 g/mol. The Morgan fingerprint density at radius 3 is 3.08 bits per heavy atom. The van der Waals surface area contributed by atoms with Crippen LogP contribution in [0.4, 0.5) is 0 Å². The summed E-state index contributed by atoms with van der Waals surface area (Å²) in [5, 5.41) is 20.7. The molecule has 2 N–H and O–H groups in total. The van der Waals surface area contributed by atoms with E-state index < -0.39 is 0 Å². The van der Waals surface area contributed by atoms with Gasteiger partial charge in [0.1, 0.15) is 0 Å². The van der Waals surface area contributed by atoms with Crippen molar-refractivity contribution in [1.82, 2.24) is 24.9 Å². The van der Waals surface area contributed by atoms with Gasteiger partial charge in [-0.15, -0.1) is 11.3 Å². The largest absolute Gasteiger partial charge is 0.394 e. The van der Waals surface area contributed by atoms with Crippen molar-refractivity contribution >= 4 is 11.3 Å². The van der Waals surface area contributed by atoms with Crippen LogP contribution in [0, 0.1) is 0 Å². The fourth-order valence-corrected chi connectivity index (χ4v) is 4.51.